The molecule has 108 valence electrons. The number of aliphatic hydroxyl groups is 1. The maximum Gasteiger partial charge on any atom is 0.215 e. The zero-order valence-corrected chi connectivity index (χ0v) is 12.9. The van der Waals surface area contributed by atoms with Crippen molar-refractivity contribution in [2.75, 3.05) is 6.54 Å². The molecule has 4 nitrogen and oxygen atoms in total. The van der Waals surface area contributed by atoms with Crippen molar-refractivity contribution < 1.29 is 13.5 Å². The minimum atomic E-state index is -3.51. The second-order valence-corrected chi connectivity index (χ2v) is 6.83. The Morgan fingerprint density at radius 1 is 1.32 bits per heavy atom. The molecule has 2 N–H and O–H groups in total. The summed E-state index contributed by atoms with van der Waals surface area (Å²) in [5.74, 6) is -0.270. The van der Waals surface area contributed by atoms with Crippen LogP contribution in [0.25, 0.3) is 0 Å². The third-order valence-electron chi connectivity index (χ3n) is 2.67. The summed E-state index contributed by atoms with van der Waals surface area (Å²) >= 11 is 11.9. The number of hydrogen-bond acceptors (Lipinski definition) is 3. The molecule has 0 aliphatic heterocycles. The number of halogens is 2. The van der Waals surface area contributed by atoms with Gasteiger partial charge >= 0.3 is 0 Å². The average molecular weight is 326 g/mol. The predicted molar refractivity (Wildman–Crippen MR) is 78.0 cm³/mol. The molecular weight excluding hydrogens is 309 g/mol. The van der Waals surface area contributed by atoms with Crippen molar-refractivity contribution in [2.45, 2.75) is 31.6 Å². The number of benzene rings is 1. The highest BCUT2D eigenvalue weighted by Crippen LogP contribution is 2.25. The molecule has 0 aromatic heterocycles. The maximum atomic E-state index is 11.9. The summed E-state index contributed by atoms with van der Waals surface area (Å²) in [5, 5.41) is 10.0. The summed E-state index contributed by atoms with van der Waals surface area (Å²) in [5.41, 5.74) is 0.384. The highest BCUT2D eigenvalue weighted by Gasteiger charge is 2.16. The highest BCUT2D eigenvalue weighted by atomic mass is 35.5. The van der Waals surface area contributed by atoms with E-state index in [9.17, 15) is 13.5 Å². The fourth-order valence-corrected chi connectivity index (χ4v) is 3.41. The quantitative estimate of drug-likeness (QED) is 0.809. The number of rotatable bonds is 7. The van der Waals surface area contributed by atoms with Gasteiger partial charge in [0.25, 0.3) is 0 Å². The number of aliphatic hydroxyl groups excluding tert-OH is 1. The summed E-state index contributed by atoms with van der Waals surface area (Å²) in [6.07, 6.45) is 0.482. The van der Waals surface area contributed by atoms with Crippen LogP contribution in [-0.2, 0) is 15.8 Å². The first-order valence-corrected chi connectivity index (χ1v) is 8.35. The lowest BCUT2D eigenvalue weighted by Gasteiger charge is -2.11. The first kappa shape index (κ1) is 16.7. The van der Waals surface area contributed by atoms with Crippen molar-refractivity contribution in [1.29, 1.82) is 0 Å². The van der Waals surface area contributed by atoms with Gasteiger partial charge in [-0.05, 0) is 25.0 Å². The van der Waals surface area contributed by atoms with Crippen molar-refractivity contribution in [3.05, 3.63) is 33.8 Å². The molecule has 1 unspecified atom stereocenters. The van der Waals surface area contributed by atoms with Gasteiger partial charge in [-0.2, -0.15) is 0 Å². The molecule has 0 aliphatic rings. The normalized spacial score (nSPS) is 13.5. The van der Waals surface area contributed by atoms with E-state index in [4.69, 9.17) is 23.2 Å². The van der Waals surface area contributed by atoms with E-state index in [0.29, 0.717) is 28.5 Å². The topological polar surface area (TPSA) is 66.4 Å². The molecule has 0 radical (unpaired) electrons. The van der Waals surface area contributed by atoms with Gasteiger partial charge in [-0.3, -0.25) is 0 Å². The summed E-state index contributed by atoms with van der Waals surface area (Å²) in [4.78, 5) is 0. The Morgan fingerprint density at radius 3 is 2.42 bits per heavy atom. The maximum absolute atomic E-state index is 11.9. The third-order valence-corrected chi connectivity index (χ3v) is 4.69. The number of sulfonamides is 1. The molecular formula is C12H17Cl2NO3S. The molecule has 0 amide bonds. The van der Waals surface area contributed by atoms with Crippen LogP contribution in [0.1, 0.15) is 25.3 Å². The minimum absolute atomic E-state index is 0.194. The Balaban J connectivity index is 2.65. The molecule has 1 aromatic carbocycles. The predicted octanol–water partition coefficient (Wildman–Crippen LogP) is 2.57. The van der Waals surface area contributed by atoms with Crippen LogP contribution in [0.5, 0.6) is 0 Å². The molecule has 0 aliphatic carbocycles. The van der Waals surface area contributed by atoms with Crippen molar-refractivity contribution in [1.82, 2.24) is 4.72 Å². The van der Waals surface area contributed by atoms with Gasteiger partial charge in [-0.25, -0.2) is 13.1 Å². The molecule has 0 heterocycles. The summed E-state index contributed by atoms with van der Waals surface area (Å²) in [6, 6.07) is 4.85. The lowest BCUT2D eigenvalue weighted by molar-refractivity contribution is 0.162. The Labute approximate surface area is 123 Å². The first-order chi connectivity index (χ1) is 8.85. The first-order valence-electron chi connectivity index (χ1n) is 5.94. The van der Waals surface area contributed by atoms with Crippen LogP contribution in [0.4, 0.5) is 0 Å². The van der Waals surface area contributed by atoms with E-state index in [-0.39, 0.29) is 12.3 Å². The van der Waals surface area contributed by atoms with Crippen LogP contribution in [0.15, 0.2) is 18.2 Å². The molecule has 0 saturated heterocycles. The van der Waals surface area contributed by atoms with Crippen molar-refractivity contribution in [3.8, 4) is 0 Å². The molecule has 1 atom stereocenters. The molecule has 1 rings (SSSR count). The lowest BCUT2D eigenvalue weighted by atomic mass is 10.2. The molecule has 0 spiro atoms. The Morgan fingerprint density at radius 2 is 1.89 bits per heavy atom. The number of hydrogen-bond donors (Lipinski definition) is 2. The molecule has 7 heteroatoms. The van der Waals surface area contributed by atoms with Crippen molar-refractivity contribution >= 4 is 33.2 Å². The number of nitrogens with one attached hydrogen (secondary N) is 1. The van der Waals surface area contributed by atoms with E-state index in [0.717, 1.165) is 0 Å². The van der Waals surface area contributed by atoms with Crippen LogP contribution < -0.4 is 4.72 Å². The summed E-state index contributed by atoms with van der Waals surface area (Å²) < 4.78 is 26.2. The highest BCUT2D eigenvalue weighted by molar-refractivity contribution is 7.88. The second-order valence-electron chi connectivity index (χ2n) is 4.20. The fraction of sp³-hybridized carbons (Fsp3) is 0.500. The molecule has 1 aromatic rings. The second kappa shape index (κ2) is 7.45. The van der Waals surface area contributed by atoms with Crippen LogP contribution in [-0.4, -0.2) is 26.2 Å². The average Bonchev–Trinajstić information content (AvgIpc) is 2.33. The van der Waals surface area contributed by atoms with Crippen LogP contribution in [0.2, 0.25) is 10.0 Å². The van der Waals surface area contributed by atoms with Gasteiger partial charge in [0.1, 0.15) is 0 Å². The largest absolute Gasteiger partial charge is 0.393 e. The molecule has 0 fully saturated rings. The standard InChI is InChI=1S/C12H17Cl2NO3S/c1-2-9(16)6-7-15-19(17,18)8-10-11(13)4-3-5-12(10)14/h3-5,9,15-16H,2,6-8H2,1H3. The van der Waals surface area contributed by atoms with E-state index in [1.807, 2.05) is 6.92 Å². The van der Waals surface area contributed by atoms with Gasteiger partial charge in [0.2, 0.25) is 10.0 Å². The smallest absolute Gasteiger partial charge is 0.215 e. The van der Waals surface area contributed by atoms with E-state index in [1.165, 1.54) is 0 Å². The summed E-state index contributed by atoms with van der Waals surface area (Å²) in [7, 11) is -3.51. The lowest BCUT2D eigenvalue weighted by Crippen LogP contribution is -2.28. The molecule has 0 saturated carbocycles. The van der Waals surface area contributed by atoms with Gasteiger partial charge in [0.15, 0.2) is 0 Å². The zero-order chi connectivity index (χ0) is 14.5. The van der Waals surface area contributed by atoms with Crippen molar-refractivity contribution in [3.63, 3.8) is 0 Å². The zero-order valence-electron chi connectivity index (χ0n) is 10.6. The van der Waals surface area contributed by atoms with Crippen LogP contribution in [0, 0.1) is 0 Å². The third kappa shape index (κ3) is 5.67. The SMILES string of the molecule is CCC(O)CCNS(=O)(=O)Cc1c(Cl)cccc1Cl. The van der Waals surface area contributed by atoms with Gasteiger partial charge in [0, 0.05) is 22.2 Å². The van der Waals surface area contributed by atoms with E-state index in [2.05, 4.69) is 4.72 Å². The van der Waals surface area contributed by atoms with E-state index < -0.39 is 16.1 Å². The van der Waals surface area contributed by atoms with Gasteiger partial charge in [0.05, 0.1) is 11.9 Å². The minimum Gasteiger partial charge on any atom is -0.393 e. The fourth-order valence-electron chi connectivity index (χ4n) is 1.50. The van der Waals surface area contributed by atoms with E-state index in [1.54, 1.807) is 18.2 Å². The Bertz CT molecular complexity index is 499. The summed E-state index contributed by atoms with van der Waals surface area (Å²) in [6.45, 7) is 2.03. The Hall–Kier alpha value is -0.330. The van der Waals surface area contributed by atoms with Gasteiger partial charge < -0.3 is 5.11 Å². The van der Waals surface area contributed by atoms with Gasteiger partial charge in [-0.1, -0.05) is 36.2 Å². The molecule has 19 heavy (non-hydrogen) atoms. The van der Waals surface area contributed by atoms with Gasteiger partial charge in [-0.15, -0.1) is 0 Å². The monoisotopic (exact) mass is 325 g/mol. The van der Waals surface area contributed by atoms with E-state index >= 15 is 0 Å². The van der Waals surface area contributed by atoms with Crippen molar-refractivity contribution in [2.24, 2.45) is 0 Å². The Kier molecular flexibility index (Phi) is 6.56. The molecule has 0 bridgehead atoms. The van der Waals surface area contributed by atoms with Crippen LogP contribution in [0.3, 0.4) is 0 Å². The van der Waals surface area contributed by atoms with Crippen LogP contribution >= 0.6 is 23.2 Å².